The Hall–Kier alpha value is -0.980. The van der Waals surface area contributed by atoms with Crippen molar-refractivity contribution in [3.63, 3.8) is 0 Å². The number of ether oxygens (including phenoxy) is 2. The molecule has 108 valence electrons. The standard InChI is InChI=1S/C12H18ClNO4S/c1-14(19(15,16)7-6-13)9-10-4-5-11(17-2)12(8-10)18-3/h4-5,8H,6-7,9H2,1-3H3. The highest BCUT2D eigenvalue weighted by atomic mass is 35.5. The van der Waals surface area contributed by atoms with Crippen molar-refractivity contribution >= 4 is 21.6 Å². The molecule has 0 unspecified atom stereocenters. The van der Waals surface area contributed by atoms with Crippen molar-refractivity contribution in [3.05, 3.63) is 23.8 Å². The van der Waals surface area contributed by atoms with E-state index in [1.165, 1.54) is 18.5 Å². The van der Waals surface area contributed by atoms with Gasteiger partial charge in [0.2, 0.25) is 10.0 Å². The maximum Gasteiger partial charge on any atom is 0.215 e. The Morgan fingerprint density at radius 1 is 1.21 bits per heavy atom. The Bertz CT molecular complexity index is 518. The van der Waals surface area contributed by atoms with Gasteiger partial charge in [0.15, 0.2) is 11.5 Å². The highest BCUT2D eigenvalue weighted by Crippen LogP contribution is 2.28. The second-order valence-corrected chi connectivity index (χ2v) is 6.52. The Labute approximate surface area is 119 Å². The average molecular weight is 308 g/mol. The zero-order valence-electron chi connectivity index (χ0n) is 11.2. The number of hydrogen-bond acceptors (Lipinski definition) is 4. The molecule has 7 heteroatoms. The number of halogens is 1. The van der Waals surface area contributed by atoms with Gasteiger partial charge in [-0.3, -0.25) is 0 Å². The van der Waals surface area contributed by atoms with Crippen LogP contribution in [0.3, 0.4) is 0 Å². The first-order valence-electron chi connectivity index (χ1n) is 5.65. The van der Waals surface area contributed by atoms with Crippen LogP contribution >= 0.6 is 11.6 Å². The van der Waals surface area contributed by atoms with Gasteiger partial charge in [-0.1, -0.05) is 6.07 Å². The first-order valence-corrected chi connectivity index (χ1v) is 7.80. The molecule has 0 bridgehead atoms. The summed E-state index contributed by atoms with van der Waals surface area (Å²) in [5, 5.41) is 0. The molecule has 0 atom stereocenters. The van der Waals surface area contributed by atoms with Crippen LogP contribution in [0, 0.1) is 0 Å². The molecule has 0 aliphatic heterocycles. The summed E-state index contributed by atoms with van der Waals surface area (Å²) in [4.78, 5) is 0. The molecule has 0 saturated heterocycles. The number of nitrogens with zero attached hydrogens (tertiary/aromatic N) is 1. The summed E-state index contributed by atoms with van der Waals surface area (Å²) in [7, 11) is 1.30. The van der Waals surface area contributed by atoms with Crippen LogP contribution in [0.5, 0.6) is 11.5 Å². The molecule has 0 amide bonds. The zero-order chi connectivity index (χ0) is 14.5. The third-order valence-electron chi connectivity index (χ3n) is 2.66. The molecule has 1 rings (SSSR count). The van der Waals surface area contributed by atoms with Crippen molar-refractivity contribution in [3.8, 4) is 11.5 Å². The van der Waals surface area contributed by atoms with Crippen LogP contribution in [0.25, 0.3) is 0 Å². The van der Waals surface area contributed by atoms with Gasteiger partial charge in [0, 0.05) is 19.5 Å². The van der Waals surface area contributed by atoms with E-state index < -0.39 is 10.0 Å². The normalized spacial score (nSPS) is 11.6. The van der Waals surface area contributed by atoms with E-state index in [0.717, 1.165) is 5.56 Å². The summed E-state index contributed by atoms with van der Waals surface area (Å²) >= 11 is 5.48. The van der Waals surface area contributed by atoms with Gasteiger partial charge in [0.05, 0.1) is 20.0 Å². The summed E-state index contributed by atoms with van der Waals surface area (Å²) in [6, 6.07) is 5.30. The molecule has 0 aliphatic rings. The van der Waals surface area contributed by atoms with Gasteiger partial charge in [-0.2, -0.15) is 0 Å². The van der Waals surface area contributed by atoms with E-state index in [1.54, 1.807) is 25.3 Å². The van der Waals surface area contributed by atoms with Crippen molar-refractivity contribution < 1.29 is 17.9 Å². The van der Waals surface area contributed by atoms with Crippen molar-refractivity contribution in [1.82, 2.24) is 4.31 Å². The van der Waals surface area contributed by atoms with Crippen molar-refractivity contribution in [1.29, 1.82) is 0 Å². The minimum Gasteiger partial charge on any atom is -0.493 e. The maximum atomic E-state index is 11.8. The van der Waals surface area contributed by atoms with Crippen LogP contribution in [0.4, 0.5) is 0 Å². The topological polar surface area (TPSA) is 55.8 Å². The van der Waals surface area contributed by atoms with E-state index >= 15 is 0 Å². The molecule has 0 fully saturated rings. The Morgan fingerprint density at radius 3 is 2.37 bits per heavy atom. The fourth-order valence-electron chi connectivity index (χ4n) is 1.59. The van der Waals surface area contributed by atoms with Crippen LogP contribution in [-0.4, -0.2) is 45.6 Å². The van der Waals surface area contributed by atoms with E-state index in [-0.39, 0.29) is 18.2 Å². The molecule has 0 saturated carbocycles. The van der Waals surface area contributed by atoms with E-state index in [0.29, 0.717) is 11.5 Å². The highest BCUT2D eigenvalue weighted by molar-refractivity contribution is 7.89. The quantitative estimate of drug-likeness (QED) is 0.720. The van der Waals surface area contributed by atoms with Gasteiger partial charge in [-0.05, 0) is 17.7 Å². The summed E-state index contributed by atoms with van der Waals surface area (Å²) in [5.74, 6) is 1.19. The number of benzene rings is 1. The van der Waals surface area contributed by atoms with Gasteiger partial charge in [-0.25, -0.2) is 12.7 Å². The van der Waals surface area contributed by atoms with Gasteiger partial charge in [0.1, 0.15) is 0 Å². The first-order chi connectivity index (χ1) is 8.94. The van der Waals surface area contributed by atoms with Crippen molar-refractivity contribution in [2.75, 3.05) is 32.9 Å². The number of hydrogen-bond donors (Lipinski definition) is 0. The van der Waals surface area contributed by atoms with Crippen LogP contribution in [0.1, 0.15) is 5.56 Å². The Kier molecular flexibility index (Phi) is 5.90. The van der Waals surface area contributed by atoms with Crippen LogP contribution in [0.15, 0.2) is 18.2 Å². The lowest BCUT2D eigenvalue weighted by molar-refractivity contribution is 0.354. The molecule has 1 aromatic carbocycles. The molecular formula is C12H18ClNO4S. The largest absolute Gasteiger partial charge is 0.493 e. The molecule has 0 aliphatic carbocycles. The average Bonchev–Trinajstić information content (AvgIpc) is 2.38. The van der Waals surface area contributed by atoms with Crippen molar-refractivity contribution in [2.24, 2.45) is 0 Å². The lowest BCUT2D eigenvalue weighted by Crippen LogP contribution is -2.29. The monoisotopic (exact) mass is 307 g/mol. The van der Waals surface area contributed by atoms with Gasteiger partial charge in [-0.15, -0.1) is 11.6 Å². The third-order valence-corrected chi connectivity index (χ3v) is 4.88. The summed E-state index contributed by atoms with van der Waals surface area (Å²) in [6.07, 6.45) is 0. The van der Waals surface area contributed by atoms with Crippen LogP contribution in [0.2, 0.25) is 0 Å². The van der Waals surface area contributed by atoms with Gasteiger partial charge in [0.25, 0.3) is 0 Å². The smallest absolute Gasteiger partial charge is 0.215 e. The summed E-state index contributed by atoms with van der Waals surface area (Å²) in [6.45, 7) is 0.263. The predicted octanol–water partition coefficient (Wildman–Crippen LogP) is 1.70. The minimum absolute atomic E-state index is 0.0711. The van der Waals surface area contributed by atoms with E-state index in [4.69, 9.17) is 21.1 Å². The molecule has 0 radical (unpaired) electrons. The molecule has 0 aromatic heterocycles. The van der Waals surface area contributed by atoms with Gasteiger partial charge >= 0.3 is 0 Å². The van der Waals surface area contributed by atoms with E-state index in [1.807, 2.05) is 0 Å². The summed E-state index contributed by atoms with van der Waals surface area (Å²) in [5.41, 5.74) is 0.818. The molecule has 0 N–H and O–H groups in total. The molecule has 0 heterocycles. The van der Waals surface area contributed by atoms with Gasteiger partial charge < -0.3 is 9.47 Å². The van der Waals surface area contributed by atoms with E-state index in [9.17, 15) is 8.42 Å². The fraction of sp³-hybridized carbons (Fsp3) is 0.500. The van der Waals surface area contributed by atoms with Crippen LogP contribution in [-0.2, 0) is 16.6 Å². The highest BCUT2D eigenvalue weighted by Gasteiger charge is 2.17. The molecule has 0 spiro atoms. The van der Waals surface area contributed by atoms with E-state index in [2.05, 4.69) is 0 Å². The Balaban J connectivity index is 2.88. The third kappa shape index (κ3) is 4.26. The molecule has 5 nitrogen and oxygen atoms in total. The minimum atomic E-state index is -3.31. The molecule has 19 heavy (non-hydrogen) atoms. The SMILES string of the molecule is COc1ccc(CN(C)S(=O)(=O)CCCl)cc1OC. The second kappa shape index (κ2) is 6.98. The summed E-state index contributed by atoms with van der Waals surface area (Å²) < 4.78 is 35.2. The number of alkyl halides is 1. The molecular weight excluding hydrogens is 290 g/mol. The lowest BCUT2D eigenvalue weighted by atomic mass is 10.2. The fourth-order valence-corrected chi connectivity index (χ4v) is 3.03. The number of rotatable bonds is 7. The second-order valence-electron chi connectivity index (χ2n) is 3.95. The number of sulfonamides is 1. The van der Waals surface area contributed by atoms with Crippen LogP contribution < -0.4 is 9.47 Å². The first kappa shape index (κ1) is 16.1. The zero-order valence-corrected chi connectivity index (χ0v) is 12.8. The maximum absolute atomic E-state index is 11.8. The molecule has 1 aromatic rings. The Morgan fingerprint density at radius 2 is 1.84 bits per heavy atom. The number of methoxy groups -OCH3 is 2. The lowest BCUT2D eigenvalue weighted by Gasteiger charge is -2.17. The van der Waals surface area contributed by atoms with Crippen molar-refractivity contribution in [2.45, 2.75) is 6.54 Å². The predicted molar refractivity (Wildman–Crippen MR) is 75.5 cm³/mol.